The predicted octanol–water partition coefficient (Wildman–Crippen LogP) is 3.85. The summed E-state index contributed by atoms with van der Waals surface area (Å²) in [6.45, 7) is 5.35. The fourth-order valence-corrected chi connectivity index (χ4v) is 4.40. The standard InChI is InChI=1S/C23H20IN7O2/c1-23(2)12-33-22-28-18-19(29-21(24)30-20(18)31(22)23)27-6-5-13-3-4-17(32)16(8-13)15-7-14(9-25)10-26-11-15/h3-4,7-8,10-11,32H,5-6,12H2,1-2H3,(H,27,29,30). The van der Waals surface area contributed by atoms with Crippen molar-refractivity contribution in [3.63, 3.8) is 0 Å². The van der Waals surface area contributed by atoms with Crippen LogP contribution < -0.4 is 10.1 Å². The summed E-state index contributed by atoms with van der Waals surface area (Å²) in [5, 5.41) is 22.8. The molecule has 0 atom stereocenters. The van der Waals surface area contributed by atoms with Crippen LogP contribution in [0.3, 0.4) is 0 Å². The molecule has 0 aliphatic carbocycles. The van der Waals surface area contributed by atoms with Crippen molar-refractivity contribution in [1.29, 1.82) is 5.26 Å². The Morgan fingerprint density at radius 2 is 2.09 bits per heavy atom. The number of fused-ring (bicyclic) bond motifs is 3. The zero-order valence-corrected chi connectivity index (χ0v) is 20.2. The van der Waals surface area contributed by atoms with Crippen molar-refractivity contribution in [2.24, 2.45) is 0 Å². The van der Waals surface area contributed by atoms with E-state index in [0.29, 0.717) is 57.4 Å². The van der Waals surface area contributed by atoms with E-state index in [2.05, 4.69) is 67.8 Å². The first-order valence-electron chi connectivity index (χ1n) is 10.4. The van der Waals surface area contributed by atoms with Gasteiger partial charge in [0.15, 0.2) is 20.8 Å². The Morgan fingerprint density at radius 3 is 2.91 bits per heavy atom. The number of ether oxygens (including phenoxy) is 1. The highest BCUT2D eigenvalue weighted by Crippen LogP contribution is 2.36. The summed E-state index contributed by atoms with van der Waals surface area (Å²) < 4.78 is 8.41. The second-order valence-corrected chi connectivity index (χ2v) is 9.41. The number of halogens is 1. The second-order valence-electron chi connectivity index (χ2n) is 8.45. The minimum atomic E-state index is -0.223. The number of phenols is 1. The largest absolute Gasteiger partial charge is 0.507 e. The summed E-state index contributed by atoms with van der Waals surface area (Å²) in [4.78, 5) is 17.9. The number of nitrogens with one attached hydrogen (secondary N) is 1. The van der Waals surface area contributed by atoms with Gasteiger partial charge in [-0.3, -0.25) is 9.55 Å². The van der Waals surface area contributed by atoms with Gasteiger partial charge in [0.05, 0.1) is 11.1 Å². The van der Waals surface area contributed by atoms with E-state index in [1.807, 2.05) is 16.7 Å². The van der Waals surface area contributed by atoms with Gasteiger partial charge in [0.1, 0.15) is 18.4 Å². The van der Waals surface area contributed by atoms with Crippen LogP contribution in [-0.4, -0.2) is 42.8 Å². The zero-order valence-electron chi connectivity index (χ0n) is 18.0. The highest BCUT2D eigenvalue weighted by molar-refractivity contribution is 14.1. The Bertz CT molecular complexity index is 1420. The van der Waals surface area contributed by atoms with E-state index < -0.39 is 0 Å². The molecule has 0 radical (unpaired) electrons. The maximum atomic E-state index is 10.3. The van der Waals surface area contributed by atoms with Crippen molar-refractivity contribution >= 4 is 39.6 Å². The number of hydrogen-bond donors (Lipinski definition) is 2. The van der Waals surface area contributed by atoms with Gasteiger partial charge in [-0.1, -0.05) is 6.07 Å². The summed E-state index contributed by atoms with van der Waals surface area (Å²) in [5.41, 5.74) is 4.02. The smallest absolute Gasteiger partial charge is 0.299 e. The zero-order chi connectivity index (χ0) is 23.2. The van der Waals surface area contributed by atoms with Crippen molar-refractivity contribution in [1.82, 2.24) is 24.5 Å². The van der Waals surface area contributed by atoms with Crippen LogP contribution in [0, 0.1) is 15.2 Å². The molecule has 1 aliphatic heterocycles. The van der Waals surface area contributed by atoms with Gasteiger partial charge < -0.3 is 15.2 Å². The quantitative estimate of drug-likeness (QED) is 0.283. The molecule has 33 heavy (non-hydrogen) atoms. The molecule has 0 saturated heterocycles. The molecule has 166 valence electrons. The summed E-state index contributed by atoms with van der Waals surface area (Å²) in [6.07, 6.45) is 3.82. The Morgan fingerprint density at radius 1 is 1.24 bits per heavy atom. The molecule has 1 aromatic carbocycles. The number of benzene rings is 1. The lowest BCUT2D eigenvalue weighted by Gasteiger charge is -2.18. The molecule has 0 bridgehead atoms. The lowest BCUT2D eigenvalue weighted by atomic mass is 10.0. The molecule has 4 heterocycles. The van der Waals surface area contributed by atoms with Crippen molar-refractivity contribution in [3.05, 3.63) is 51.6 Å². The first-order chi connectivity index (χ1) is 15.9. The SMILES string of the molecule is CC1(C)COc2nc3c(NCCc4ccc(O)c(-c5cncc(C#N)c5)c4)nc(I)nc3n21. The number of rotatable bonds is 5. The van der Waals surface area contributed by atoms with Gasteiger partial charge in [0.25, 0.3) is 6.01 Å². The molecule has 0 saturated carbocycles. The summed E-state index contributed by atoms with van der Waals surface area (Å²) >= 11 is 2.11. The molecule has 0 fully saturated rings. The molecule has 0 amide bonds. The van der Waals surface area contributed by atoms with Crippen molar-refractivity contribution < 1.29 is 9.84 Å². The molecule has 0 unspecified atom stereocenters. The normalized spacial score (nSPS) is 14.0. The maximum Gasteiger partial charge on any atom is 0.299 e. The highest BCUT2D eigenvalue weighted by Gasteiger charge is 2.36. The highest BCUT2D eigenvalue weighted by atomic mass is 127. The Hall–Kier alpha value is -3.46. The molecular formula is C23H20IN7O2. The van der Waals surface area contributed by atoms with Crippen LogP contribution >= 0.6 is 22.6 Å². The minimum Gasteiger partial charge on any atom is -0.507 e. The van der Waals surface area contributed by atoms with E-state index >= 15 is 0 Å². The van der Waals surface area contributed by atoms with E-state index in [0.717, 1.165) is 11.2 Å². The van der Waals surface area contributed by atoms with E-state index in [1.54, 1.807) is 18.3 Å². The number of aromatic nitrogens is 5. The van der Waals surface area contributed by atoms with Crippen LogP contribution in [0.5, 0.6) is 11.8 Å². The van der Waals surface area contributed by atoms with Gasteiger partial charge in [-0.15, -0.1) is 0 Å². The lowest BCUT2D eigenvalue weighted by molar-refractivity contribution is 0.268. The average Bonchev–Trinajstić information content (AvgIpc) is 3.32. The van der Waals surface area contributed by atoms with E-state index in [4.69, 9.17) is 10.00 Å². The average molecular weight is 553 g/mol. The van der Waals surface area contributed by atoms with E-state index in [9.17, 15) is 5.11 Å². The third-order valence-corrected chi connectivity index (χ3v) is 6.04. The number of nitrogens with zero attached hydrogens (tertiary/aromatic N) is 6. The van der Waals surface area contributed by atoms with Gasteiger partial charge in [-0.05, 0) is 44.0 Å². The van der Waals surface area contributed by atoms with Gasteiger partial charge in [0.2, 0.25) is 0 Å². The van der Waals surface area contributed by atoms with Crippen LogP contribution in [-0.2, 0) is 12.0 Å². The Labute approximate surface area is 203 Å². The van der Waals surface area contributed by atoms with E-state index in [1.165, 1.54) is 6.20 Å². The van der Waals surface area contributed by atoms with Crippen LogP contribution in [0.4, 0.5) is 5.82 Å². The molecule has 4 aromatic rings. The third-order valence-electron chi connectivity index (χ3n) is 5.55. The van der Waals surface area contributed by atoms with Crippen LogP contribution in [0.2, 0.25) is 0 Å². The van der Waals surface area contributed by atoms with Gasteiger partial charge >= 0.3 is 0 Å². The van der Waals surface area contributed by atoms with E-state index in [-0.39, 0.29) is 11.3 Å². The molecule has 5 rings (SSSR count). The lowest BCUT2D eigenvalue weighted by Crippen LogP contribution is -2.26. The fraction of sp³-hybridized carbons (Fsp3) is 0.261. The number of anilines is 1. The maximum absolute atomic E-state index is 10.3. The first-order valence-corrected chi connectivity index (χ1v) is 11.4. The summed E-state index contributed by atoms with van der Waals surface area (Å²) in [7, 11) is 0. The van der Waals surface area contributed by atoms with Crippen molar-refractivity contribution in [3.8, 4) is 29.0 Å². The Balaban J connectivity index is 1.38. The number of hydrogen-bond acceptors (Lipinski definition) is 8. The third kappa shape index (κ3) is 3.93. The Kier molecular flexibility index (Phi) is 5.28. The number of imidazole rings is 1. The molecular weight excluding hydrogens is 533 g/mol. The minimum absolute atomic E-state index is 0.144. The fourth-order valence-electron chi connectivity index (χ4n) is 3.93. The summed E-state index contributed by atoms with van der Waals surface area (Å²) in [5.74, 6) is 0.807. The molecule has 0 spiro atoms. The molecule has 9 nitrogen and oxygen atoms in total. The number of nitriles is 1. The number of pyridine rings is 1. The van der Waals surface area contributed by atoms with Crippen molar-refractivity contribution in [2.45, 2.75) is 25.8 Å². The predicted molar refractivity (Wildman–Crippen MR) is 131 cm³/mol. The number of aromatic hydroxyl groups is 1. The van der Waals surface area contributed by atoms with Gasteiger partial charge in [-0.2, -0.15) is 10.2 Å². The monoisotopic (exact) mass is 553 g/mol. The van der Waals surface area contributed by atoms with Gasteiger partial charge in [-0.25, -0.2) is 9.97 Å². The first kappa shape index (κ1) is 21.4. The van der Waals surface area contributed by atoms with Gasteiger partial charge in [0, 0.05) is 52.7 Å². The summed E-state index contributed by atoms with van der Waals surface area (Å²) in [6, 6.07) is 9.80. The topological polar surface area (TPSA) is 122 Å². The van der Waals surface area contributed by atoms with Crippen molar-refractivity contribution in [2.75, 3.05) is 18.5 Å². The van der Waals surface area contributed by atoms with Crippen LogP contribution in [0.1, 0.15) is 25.0 Å². The number of phenolic OH excluding ortho intramolecular Hbond substituents is 1. The van der Waals surface area contributed by atoms with Crippen LogP contribution in [0.25, 0.3) is 22.3 Å². The molecule has 10 heteroatoms. The molecule has 2 N–H and O–H groups in total. The second kappa shape index (κ2) is 8.15. The van der Waals surface area contributed by atoms with Crippen LogP contribution in [0.15, 0.2) is 36.7 Å². The molecule has 3 aromatic heterocycles. The molecule has 1 aliphatic rings.